The molecule has 27 heavy (non-hydrogen) atoms. The van der Waals surface area contributed by atoms with E-state index >= 15 is 0 Å². The maximum atomic E-state index is 12.7. The van der Waals surface area contributed by atoms with Crippen LogP contribution in [0.5, 0.6) is 0 Å². The predicted molar refractivity (Wildman–Crippen MR) is 104 cm³/mol. The van der Waals surface area contributed by atoms with Crippen LogP contribution in [-0.4, -0.2) is 47.8 Å². The molecule has 1 unspecified atom stereocenters. The predicted octanol–water partition coefficient (Wildman–Crippen LogP) is 0.354. The molecule has 1 aromatic carbocycles. The van der Waals surface area contributed by atoms with Crippen molar-refractivity contribution >= 4 is 17.5 Å². The monoisotopic (exact) mass is 377 g/mol. The van der Waals surface area contributed by atoms with Crippen LogP contribution in [0.1, 0.15) is 38.7 Å². The topological polar surface area (TPSA) is 136 Å². The molecule has 4 atom stereocenters. The van der Waals surface area contributed by atoms with Crippen LogP contribution < -0.4 is 16.8 Å². The molecule has 150 valence electrons. The summed E-state index contributed by atoms with van der Waals surface area (Å²) < 4.78 is 0. The van der Waals surface area contributed by atoms with Crippen molar-refractivity contribution in [2.45, 2.75) is 45.3 Å². The first-order chi connectivity index (χ1) is 12.7. The molecule has 7 nitrogen and oxygen atoms in total. The third-order valence-electron chi connectivity index (χ3n) is 4.63. The van der Waals surface area contributed by atoms with Gasteiger partial charge in [-0.1, -0.05) is 44.2 Å². The molecule has 7 heteroatoms. The molecule has 0 spiro atoms. The van der Waals surface area contributed by atoms with Gasteiger partial charge in [-0.2, -0.15) is 0 Å². The Morgan fingerprint density at radius 1 is 1.04 bits per heavy atom. The van der Waals surface area contributed by atoms with Gasteiger partial charge < -0.3 is 21.9 Å². The van der Waals surface area contributed by atoms with Gasteiger partial charge in [0.15, 0.2) is 5.78 Å². The molecular weight excluding hydrogens is 346 g/mol. The van der Waals surface area contributed by atoms with Crippen molar-refractivity contribution in [1.29, 1.82) is 0 Å². The van der Waals surface area contributed by atoms with Crippen molar-refractivity contribution in [1.82, 2.24) is 5.32 Å². The summed E-state index contributed by atoms with van der Waals surface area (Å²) in [6.07, 6.45) is -1.23. The fourth-order valence-corrected chi connectivity index (χ4v) is 2.91. The van der Waals surface area contributed by atoms with Gasteiger partial charge in [0.2, 0.25) is 5.91 Å². The van der Waals surface area contributed by atoms with E-state index in [1.54, 1.807) is 26.0 Å². The molecule has 0 saturated heterocycles. The second-order valence-corrected chi connectivity index (χ2v) is 7.07. The SMILES string of the molecule is CC(C)C(=O)[C@H](CN)NC(=O)[C@@H](CC(=O)C(CN)c1ccccc1)[C@H](C)O. The average molecular weight is 377 g/mol. The molecule has 1 aromatic rings. The number of nitrogens with two attached hydrogens (primary N) is 2. The summed E-state index contributed by atoms with van der Waals surface area (Å²) in [7, 11) is 0. The molecule has 0 bridgehead atoms. The number of ketones is 2. The largest absolute Gasteiger partial charge is 0.393 e. The van der Waals surface area contributed by atoms with Gasteiger partial charge in [-0.05, 0) is 12.5 Å². The van der Waals surface area contributed by atoms with E-state index in [-0.39, 0.29) is 37.0 Å². The molecule has 0 aliphatic rings. The van der Waals surface area contributed by atoms with Crippen LogP contribution in [0.4, 0.5) is 0 Å². The number of aliphatic hydroxyl groups is 1. The lowest BCUT2D eigenvalue weighted by atomic mass is 9.86. The third kappa shape index (κ3) is 6.53. The van der Waals surface area contributed by atoms with E-state index in [2.05, 4.69) is 5.32 Å². The van der Waals surface area contributed by atoms with E-state index in [0.29, 0.717) is 0 Å². The first-order valence-electron chi connectivity index (χ1n) is 9.22. The average Bonchev–Trinajstić information content (AvgIpc) is 2.64. The molecule has 1 amide bonds. The number of carbonyl (C=O) groups is 3. The summed E-state index contributed by atoms with van der Waals surface area (Å²) in [6, 6.07) is 8.23. The van der Waals surface area contributed by atoms with Gasteiger partial charge in [0, 0.05) is 25.4 Å². The highest BCUT2D eigenvalue weighted by Crippen LogP contribution is 2.21. The highest BCUT2D eigenvalue weighted by atomic mass is 16.3. The Hall–Kier alpha value is -2.09. The second-order valence-electron chi connectivity index (χ2n) is 7.07. The van der Waals surface area contributed by atoms with Gasteiger partial charge in [-0.15, -0.1) is 0 Å². The van der Waals surface area contributed by atoms with Crippen LogP contribution in [0, 0.1) is 11.8 Å². The number of hydrogen-bond donors (Lipinski definition) is 4. The van der Waals surface area contributed by atoms with Gasteiger partial charge in [0.1, 0.15) is 5.78 Å². The number of benzene rings is 1. The number of amides is 1. The smallest absolute Gasteiger partial charge is 0.226 e. The van der Waals surface area contributed by atoms with Crippen molar-refractivity contribution in [2.24, 2.45) is 23.3 Å². The van der Waals surface area contributed by atoms with Crippen LogP contribution in [0.2, 0.25) is 0 Å². The molecule has 0 heterocycles. The van der Waals surface area contributed by atoms with E-state index in [9.17, 15) is 19.5 Å². The Morgan fingerprint density at radius 3 is 2.07 bits per heavy atom. The van der Waals surface area contributed by atoms with Crippen molar-refractivity contribution in [2.75, 3.05) is 13.1 Å². The van der Waals surface area contributed by atoms with E-state index in [1.165, 1.54) is 6.92 Å². The molecule has 0 aliphatic heterocycles. The van der Waals surface area contributed by atoms with Gasteiger partial charge in [-0.25, -0.2) is 0 Å². The lowest BCUT2D eigenvalue weighted by Crippen LogP contribution is -2.51. The molecule has 0 aromatic heterocycles. The Balaban J connectivity index is 2.89. The number of aliphatic hydroxyl groups excluding tert-OH is 1. The van der Waals surface area contributed by atoms with Crippen LogP contribution in [0.3, 0.4) is 0 Å². The molecule has 0 radical (unpaired) electrons. The quantitative estimate of drug-likeness (QED) is 0.439. The zero-order valence-corrected chi connectivity index (χ0v) is 16.2. The highest BCUT2D eigenvalue weighted by molar-refractivity contribution is 5.94. The second kappa shape index (κ2) is 10.9. The number of rotatable bonds is 11. The number of hydrogen-bond acceptors (Lipinski definition) is 6. The summed E-state index contributed by atoms with van der Waals surface area (Å²) in [6.45, 7) is 4.95. The van der Waals surface area contributed by atoms with Crippen molar-refractivity contribution in [3.8, 4) is 0 Å². The fraction of sp³-hybridized carbons (Fsp3) is 0.550. The van der Waals surface area contributed by atoms with Gasteiger partial charge in [0.25, 0.3) is 0 Å². The fourth-order valence-electron chi connectivity index (χ4n) is 2.91. The molecule has 0 saturated carbocycles. The zero-order valence-electron chi connectivity index (χ0n) is 16.2. The van der Waals surface area contributed by atoms with E-state index < -0.39 is 29.9 Å². The Labute approximate surface area is 160 Å². The molecule has 6 N–H and O–H groups in total. The zero-order chi connectivity index (χ0) is 20.6. The summed E-state index contributed by atoms with van der Waals surface area (Å²) in [5.74, 6) is -2.81. The Bertz CT molecular complexity index is 631. The molecule has 1 rings (SSSR count). The number of carbonyl (C=O) groups excluding carboxylic acids is 3. The lowest BCUT2D eigenvalue weighted by Gasteiger charge is -2.25. The van der Waals surface area contributed by atoms with Crippen LogP contribution in [-0.2, 0) is 14.4 Å². The van der Waals surface area contributed by atoms with Crippen molar-refractivity contribution in [3.05, 3.63) is 35.9 Å². The standard InChI is InChI=1S/C20H31N3O4/c1-12(2)19(26)17(11-22)23-20(27)15(13(3)24)9-18(25)16(10-21)14-7-5-4-6-8-14/h4-8,12-13,15-17,24H,9-11,21-22H2,1-3H3,(H,23,27)/t13-,15-,16?,17-/m0/s1. The van der Waals surface area contributed by atoms with Crippen molar-refractivity contribution < 1.29 is 19.5 Å². The summed E-state index contributed by atoms with van der Waals surface area (Å²) in [5.41, 5.74) is 12.1. The molecular formula is C20H31N3O4. The highest BCUT2D eigenvalue weighted by Gasteiger charge is 2.32. The summed E-state index contributed by atoms with van der Waals surface area (Å²) in [4.78, 5) is 37.5. The number of nitrogens with one attached hydrogen (secondary N) is 1. The minimum atomic E-state index is -1.06. The lowest BCUT2D eigenvalue weighted by molar-refractivity contribution is -0.136. The minimum absolute atomic E-state index is 0.0430. The maximum Gasteiger partial charge on any atom is 0.226 e. The first-order valence-corrected chi connectivity index (χ1v) is 9.22. The van der Waals surface area contributed by atoms with E-state index in [4.69, 9.17) is 11.5 Å². The first kappa shape index (κ1) is 23.0. The Kier molecular flexibility index (Phi) is 9.28. The van der Waals surface area contributed by atoms with Gasteiger partial charge in [-0.3, -0.25) is 14.4 Å². The van der Waals surface area contributed by atoms with Gasteiger partial charge in [0.05, 0.1) is 24.0 Å². The van der Waals surface area contributed by atoms with Crippen LogP contribution in [0.15, 0.2) is 30.3 Å². The maximum absolute atomic E-state index is 12.7. The van der Waals surface area contributed by atoms with Crippen LogP contribution >= 0.6 is 0 Å². The van der Waals surface area contributed by atoms with Gasteiger partial charge >= 0.3 is 0 Å². The molecule has 0 aliphatic carbocycles. The normalized spacial score (nSPS) is 15.7. The van der Waals surface area contributed by atoms with E-state index in [1.807, 2.05) is 18.2 Å². The van der Waals surface area contributed by atoms with E-state index in [0.717, 1.165) is 5.56 Å². The molecule has 0 fully saturated rings. The third-order valence-corrected chi connectivity index (χ3v) is 4.63. The minimum Gasteiger partial charge on any atom is -0.393 e. The van der Waals surface area contributed by atoms with Crippen LogP contribution in [0.25, 0.3) is 0 Å². The summed E-state index contributed by atoms with van der Waals surface area (Å²) in [5, 5.41) is 12.6. The summed E-state index contributed by atoms with van der Waals surface area (Å²) >= 11 is 0. The number of Topliss-reactive ketones (excluding diaryl/α,β-unsaturated/α-hetero) is 2. The van der Waals surface area contributed by atoms with Crippen molar-refractivity contribution in [3.63, 3.8) is 0 Å². The Morgan fingerprint density at radius 2 is 1.63 bits per heavy atom.